The Labute approximate surface area is 100 Å². The molecular weight excluding hydrogens is 222 g/mol. The van der Waals surface area contributed by atoms with Gasteiger partial charge in [0, 0.05) is 11.1 Å². The molecule has 3 heteroatoms. The zero-order valence-corrected chi connectivity index (χ0v) is 9.87. The van der Waals surface area contributed by atoms with Gasteiger partial charge in [-0.05, 0) is 36.8 Å². The molecular formula is C13H14ClNO. The Balaban J connectivity index is 1.93. The van der Waals surface area contributed by atoms with Gasteiger partial charge in [-0.2, -0.15) is 0 Å². The van der Waals surface area contributed by atoms with Gasteiger partial charge in [-0.15, -0.1) is 0 Å². The van der Waals surface area contributed by atoms with Crippen LogP contribution in [0.15, 0.2) is 47.1 Å². The summed E-state index contributed by atoms with van der Waals surface area (Å²) in [7, 11) is 0. The van der Waals surface area contributed by atoms with E-state index in [1.165, 1.54) is 5.56 Å². The van der Waals surface area contributed by atoms with Crippen LogP contribution in [0, 0.1) is 0 Å². The summed E-state index contributed by atoms with van der Waals surface area (Å²) in [4.78, 5) is 0. The molecule has 0 unspecified atom stereocenters. The molecule has 0 saturated carbocycles. The Morgan fingerprint density at radius 3 is 2.62 bits per heavy atom. The maximum Gasteiger partial charge on any atom is 0.117 e. The lowest BCUT2D eigenvalue weighted by Gasteiger charge is -2.13. The van der Waals surface area contributed by atoms with Crippen molar-refractivity contribution in [1.82, 2.24) is 5.32 Å². The van der Waals surface area contributed by atoms with Crippen LogP contribution in [0.3, 0.4) is 0 Å². The van der Waals surface area contributed by atoms with Crippen molar-refractivity contribution in [2.45, 2.75) is 19.5 Å². The number of hydrogen-bond acceptors (Lipinski definition) is 2. The monoisotopic (exact) mass is 235 g/mol. The Bertz CT molecular complexity index is 422. The Kier molecular flexibility index (Phi) is 3.65. The van der Waals surface area contributed by atoms with Gasteiger partial charge in [-0.3, -0.25) is 0 Å². The van der Waals surface area contributed by atoms with E-state index in [0.717, 1.165) is 17.3 Å². The molecule has 1 aromatic carbocycles. The second kappa shape index (κ2) is 5.19. The largest absolute Gasteiger partial charge is 0.468 e. The van der Waals surface area contributed by atoms with Crippen molar-refractivity contribution in [1.29, 1.82) is 0 Å². The van der Waals surface area contributed by atoms with Crippen LogP contribution in [0.1, 0.15) is 24.3 Å². The van der Waals surface area contributed by atoms with Crippen LogP contribution in [-0.2, 0) is 6.54 Å². The lowest BCUT2D eigenvalue weighted by molar-refractivity contribution is 0.460. The SMILES string of the molecule is C[C@@H](NCc1ccco1)c1ccc(Cl)cc1. The molecule has 1 heterocycles. The van der Waals surface area contributed by atoms with Crippen molar-refractivity contribution in [3.8, 4) is 0 Å². The number of nitrogens with one attached hydrogen (secondary N) is 1. The fourth-order valence-electron chi connectivity index (χ4n) is 1.54. The normalized spacial score (nSPS) is 12.6. The first-order valence-corrected chi connectivity index (χ1v) is 5.65. The first kappa shape index (κ1) is 11.2. The first-order valence-electron chi connectivity index (χ1n) is 5.27. The summed E-state index contributed by atoms with van der Waals surface area (Å²) >= 11 is 5.84. The van der Waals surface area contributed by atoms with E-state index in [0.29, 0.717) is 0 Å². The van der Waals surface area contributed by atoms with Crippen LogP contribution < -0.4 is 5.32 Å². The number of benzene rings is 1. The summed E-state index contributed by atoms with van der Waals surface area (Å²) < 4.78 is 5.26. The summed E-state index contributed by atoms with van der Waals surface area (Å²) in [5.41, 5.74) is 1.22. The summed E-state index contributed by atoms with van der Waals surface area (Å²) in [6.45, 7) is 2.85. The van der Waals surface area contributed by atoms with E-state index in [-0.39, 0.29) is 6.04 Å². The highest BCUT2D eigenvalue weighted by Gasteiger charge is 2.05. The highest BCUT2D eigenvalue weighted by molar-refractivity contribution is 6.30. The van der Waals surface area contributed by atoms with Crippen LogP contribution in [0.5, 0.6) is 0 Å². The average molecular weight is 236 g/mol. The number of furan rings is 1. The zero-order chi connectivity index (χ0) is 11.4. The van der Waals surface area contributed by atoms with E-state index in [9.17, 15) is 0 Å². The zero-order valence-electron chi connectivity index (χ0n) is 9.11. The van der Waals surface area contributed by atoms with E-state index in [4.69, 9.17) is 16.0 Å². The predicted octanol–water partition coefficient (Wildman–Crippen LogP) is 3.78. The predicted molar refractivity (Wildman–Crippen MR) is 65.4 cm³/mol. The Morgan fingerprint density at radius 1 is 1.25 bits per heavy atom. The molecule has 1 atom stereocenters. The molecule has 0 fully saturated rings. The van der Waals surface area contributed by atoms with E-state index in [1.807, 2.05) is 36.4 Å². The second-order valence-corrected chi connectivity index (χ2v) is 4.17. The van der Waals surface area contributed by atoms with Crippen LogP contribution in [0.4, 0.5) is 0 Å². The first-order chi connectivity index (χ1) is 7.75. The van der Waals surface area contributed by atoms with Gasteiger partial charge in [-0.1, -0.05) is 23.7 Å². The number of rotatable bonds is 4. The van der Waals surface area contributed by atoms with Crippen LogP contribution in [0.2, 0.25) is 5.02 Å². The van der Waals surface area contributed by atoms with Crippen molar-refractivity contribution >= 4 is 11.6 Å². The standard InChI is InChI=1S/C13H14ClNO/c1-10(11-4-6-12(14)7-5-11)15-9-13-3-2-8-16-13/h2-8,10,15H,9H2,1H3/t10-/m1/s1. The third-order valence-corrected chi connectivity index (χ3v) is 2.78. The van der Waals surface area contributed by atoms with Gasteiger partial charge in [0.1, 0.15) is 5.76 Å². The van der Waals surface area contributed by atoms with E-state index in [1.54, 1.807) is 6.26 Å². The highest BCUT2D eigenvalue weighted by Crippen LogP contribution is 2.16. The smallest absolute Gasteiger partial charge is 0.117 e. The topological polar surface area (TPSA) is 25.2 Å². The summed E-state index contributed by atoms with van der Waals surface area (Å²) in [5.74, 6) is 0.945. The number of hydrogen-bond donors (Lipinski definition) is 1. The van der Waals surface area contributed by atoms with Gasteiger partial charge < -0.3 is 9.73 Å². The van der Waals surface area contributed by atoms with Crippen LogP contribution in [-0.4, -0.2) is 0 Å². The molecule has 0 bridgehead atoms. The molecule has 1 aromatic heterocycles. The summed E-state index contributed by atoms with van der Waals surface area (Å²) in [6.07, 6.45) is 1.68. The van der Waals surface area contributed by atoms with Gasteiger partial charge in [0.15, 0.2) is 0 Å². The quantitative estimate of drug-likeness (QED) is 0.873. The van der Waals surface area contributed by atoms with Crippen molar-refractivity contribution in [3.63, 3.8) is 0 Å². The van der Waals surface area contributed by atoms with Gasteiger partial charge in [0.25, 0.3) is 0 Å². The Morgan fingerprint density at radius 2 is 2.00 bits per heavy atom. The Hall–Kier alpha value is -1.25. The molecule has 2 nitrogen and oxygen atoms in total. The lowest BCUT2D eigenvalue weighted by atomic mass is 10.1. The maximum atomic E-state index is 5.84. The van der Waals surface area contributed by atoms with E-state index < -0.39 is 0 Å². The minimum Gasteiger partial charge on any atom is -0.468 e. The molecule has 84 valence electrons. The summed E-state index contributed by atoms with van der Waals surface area (Å²) in [5, 5.41) is 4.15. The van der Waals surface area contributed by atoms with Crippen LogP contribution in [0.25, 0.3) is 0 Å². The molecule has 2 aromatic rings. The van der Waals surface area contributed by atoms with Crippen molar-refractivity contribution in [2.75, 3.05) is 0 Å². The van der Waals surface area contributed by atoms with Crippen LogP contribution >= 0.6 is 11.6 Å². The fourth-order valence-corrected chi connectivity index (χ4v) is 1.66. The molecule has 1 N–H and O–H groups in total. The molecule has 0 spiro atoms. The molecule has 16 heavy (non-hydrogen) atoms. The average Bonchev–Trinajstić information content (AvgIpc) is 2.80. The van der Waals surface area contributed by atoms with Crippen molar-refractivity contribution < 1.29 is 4.42 Å². The van der Waals surface area contributed by atoms with Gasteiger partial charge in [-0.25, -0.2) is 0 Å². The minimum atomic E-state index is 0.280. The summed E-state index contributed by atoms with van der Waals surface area (Å²) in [6, 6.07) is 12.0. The molecule has 0 saturated heterocycles. The van der Waals surface area contributed by atoms with E-state index in [2.05, 4.69) is 12.2 Å². The molecule has 0 aliphatic rings. The maximum absolute atomic E-state index is 5.84. The lowest BCUT2D eigenvalue weighted by Crippen LogP contribution is -2.17. The second-order valence-electron chi connectivity index (χ2n) is 3.73. The highest BCUT2D eigenvalue weighted by atomic mass is 35.5. The van der Waals surface area contributed by atoms with Gasteiger partial charge in [0.2, 0.25) is 0 Å². The molecule has 0 amide bonds. The van der Waals surface area contributed by atoms with Gasteiger partial charge >= 0.3 is 0 Å². The van der Waals surface area contributed by atoms with Crippen molar-refractivity contribution in [3.05, 3.63) is 59.0 Å². The third kappa shape index (κ3) is 2.87. The molecule has 2 rings (SSSR count). The molecule has 0 aliphatic heterocycles. The molecule has 0 radical (unpaired) electrons. The minimum absolute atomic E-state index is 0.280. The van der Waals surface area contributed by atoms with Crippen molar-refractivity contribution in [2.24, 2.45) is 0 Å². The van der Waals surface area contributed by atoms with Gasteiger partial charge in [0.05, 0.1) is 12.8 Å². The molecule has 0 aliphatic carbocycles. The number of halogens is 1. The fraction of sp³-hybridized carbons (Fsp3) is 0.231. The van der Waals surface area contributed by atoms with E-state index >= 15 is 0 Å². The third-order valence-electron chi connectivity index (χ3n) is 2.53.